The highest BCUT2D eigenvalue weighted by Gasteiger charge is 2.16. The van der Waals surface area contributed by atoms with E-state index in [0.717, 1.165) is 19.6 Å². The second-order valence-corrected chi connectivity index (χ2v) is 5.35. The van der Waals surface area contributed by atoms with E-state index in [4.69, 9.17) is 4.74 Å². The SMILES string of the molecule is CCNC(CC(C)COC)c1cccc2cnccc12. The first-order valence-electron chi connectivity index (χ1n) is 7.31. The summed E-state index contributed by atoms with van der Waals surface area (Å²) < 4.78 is 5.27. The van der Waals surface area contributed by atoms with Gasteiger partial charge in [-0.2, -0.15) is 0 Å². The Morgan fingerprint density at radius 3 is 2.90 bits per heavy atom. The van der Waals surface area contributed by atoms with Crippen LogP contribution in [-0.4, -0.2) is 25.2 Å². The van der Waals surface area contributed by atoms with Crippen LogP contribution in [-0.2, 0) is 4.74 Å². The van der Waals surface area contributed by atoms with Gasteiger partial charge < -0.3 is 10.1 Å². The third-order valence-electron chi connectivity index (χ3n) is 3.63. The van der Waals surface area contributed by atoms with Gasteiger partial charge >= 0.3 is 0 Å². The van der Waals surface area contributed by atoms with Crippen molar-refractivity contribution in [3.63, 3.8) is 0 Å². The lowest BCUT2D eigenvalue weighted by atomic mass is 9.93. The van der Waals surface area contributed by atoms with Crippen LogP contribution >= 0.6 is 0 Å². The van der Waals surface area contributed by atoms with Crippen LogP contribution in [0.1, 0.15) is 31.9 Å². The zero-order chi connectivity index (χ0) is 14.4. The van der Waals surface area contributed by atoms with Crippen molar-refractivity contribution in [3.8, 4) is 0 Å². The number of nitrogens with zero attached hydrogens (tertiary/aromatic N) is 1. The molecule has 108 valence electrons. The quantitative estimate of drug-likeness (QED) is 0.837. The molecule has 0 saturated carbocycles. The minimum Gasteiger partial charge on any atom is -0.384 e. The Balaban J connectivity index is 2.31. The van der Waals surface area contributed by atoms with Gasteiger partial charge in [-0.15, -0.1) is 0 Å². The summed E-state index contributed by atoms with van der Waals surface area (Å²) in [6.45, 7) is 6.15. The molecule has 2 unspecified atom stereocenters. The average molecular weight is 272 g/mol. The molecule has 0 aliphatic rings. The van der Waals surface area contributed by atoms with Crippen LogP contribution in [0.15, 0.2) is 36.7 Å². The summed E-state index contributed by atoms with van der Waals surface area (Å²) in [5.74, 6) is 0.529. The van der Waals surface area contributed by atoms with Crippen LogP contribution in [0.3, 0.4) is 0 Å². The van der Waals surface area contributed by atoms with Crippen molar-refractivity contribution in [2.45, 2.75) is 26.3 Å². The molecule has 0 aliphatic carbocycles. The molecule has 2 aromatic rings. The molecule has 0 fully saturated rings. The molecule has 1 heterocycles. The molecular formula is C17H24N2O. The summed E-state index contributed by atoms with van der Waals surface area (Å²) in [6.07, 6.45) is 4.87. The van der Waals surface area contributed by atoms with E-state index in [-0.39, 0.29) is 0 Å². The van der Waals surface area contributed by atoms with Crippen molar-refractivity contribution in [3.05, 3.63) is 42.2 Å². The number of ether oxygens (including phenoxy) is 1. The number of fused-ring (bicyclic) bond motifs is 1. The average Bonchev–Trinajstić information content (AvgIpc) is 2.46. The number of pyridine rings is 1. The molecule has 0 spiro atoms. The highest BCUT2D eigenvalue weighted by molar-refractivity contribution is 5.85. The second-order valence-electron chi connectivity index (χ2n) is 5.35. The number of hydrogen-bond acceptors (Lipinski definition) is 3. The third kappa shape index (κ3) is 3.56. The van der Waals surface area contributed by atoms with Crippen molar-refractivity contribution in [1.29, 1.82) is 0 Å². The summed E-state index contributed by atoms with van der Waals surface area (Å²) in [5, 5.41) is 6.10. The molecular weight excluding hydrogens is 248 g/mol. The number of rotatable bonds is 7. The molecule has 0 amide bonds. The van der Waals surface area contributed by atoms with Gasteiger partial charge in [0.2, 0.25) is 0 Å². The van der Waals surface area contributed by atoms with Crippen LogP contribution in [0.2, 0.25) is 0 Å². The Kier molecular flexibility index (Phi) is 5.50. The molecule has 3 heteroatoms. The molecule has 0 aliphatic heterocycles. The van der Waals surface area contributed by atoms with E-state index >= 15 is 0 Å². The molecule has 2 rings (SSSR count). The maximum absolute atomic E-state index is 5.27. The van der Waals surface area contributed by atoms with E-state index in [1.807, 2.05) is 12.4 Å². The molecule has 2 atom stereocenters. The van der Waals surface area contributed by atoms with E-state index in [1.165, 1.54) is 16.3 Å². The fraction of sp³-hybridized carbons (Fsp3) is 0.471. The van der Waals surface area contributed by atoms with E-state index in [9.17, 15) is 0 Å². The zero-order valence-corrected chi connectivity index (χ0v) is 12.6. The van der Waals surface area contributed by atoms with Crippen molar-refractivity contribution in [1.82, 2.24) is 10.3 Å². The molecule has 20 heavy (non-hydrogen) atoms. The first-order chi connectivity index (χ1) is 9.76. The lowest BCUT2D eigenvalue weighted by molar-refractivity contribution is 0.149. The Bertz CT molecular complexity index is 536. The summed E-state index contributed by atoms with van der Waals surface area (Å²) in [6, 6.07) is 8.92. The highest BCUT2D eigenvalue weighted by Crippen LogP contribution is 2.28. The van der Waals surface area contributed by atoms with Gasteiger partial charge in [0.05, 0.1) is 0 Å². The molecule has 1 N–H and O–H groups in total. The van der Waals surface area contributed by atoms with Crippen molar-refractivity contribution < 1.29 is 4.74 Å². The molecule has 3 nitrogen and oxygen atoms in total. The maximum atomic E-state index is 5.27. The van der Waals surface area contributed by atoms with Crippen LogP contribution < -0.4 is 5.32 Å². The smallest absolute Gasteiger partial charge is 0.0488 e. The largest absolute Gasteiger partial charge is 0.384 e. The van der Waals surface area contributed by atoms with Gasteiger partial charge in [0.15, 0.2) is 0 Å². The summed E-state index contributed by atoms with van der Waals surface area (Å²) in [5.41, 5.74) is 1.36. The first kappa shape index (κ1) is 14.9. The van der Waals surface area contributed by atoms with Gasteiger partial charge in [-0.25, -0.2) is 0 Å². The van der Waals surface area contributed by atoms with E-state index in [0.29, 0.717) is 12.0 Å². The lowest BCUT2D eigenvalue weighted by Gasteiger charge is -2.23. The summed E-state index contributed by atoms with van der Waals surface area (Å²) in [4.78, 5) is 4.21. The first-order valence-corrected chi connectivity index (χ1v) is 7.31. The van der Waals surface area contributed by atoms with E-state index in [1.54, 1.807) is 7.11 Å². The fourth-order valence-electron chi connectivity index (χ4n) is 2.77. The topological polar surface area (TPSA) is 34.1 Å². The molecule has 0 radical (unpaired) electrons. The predicted octanol–water partition coefficient (Wildman–Crippen LogP) is 3.56. The minimum absolute atomic E-state index is 0.358. The normalized spacial score (nSPS) is 14.3. The number of nitrogens with one attached hydrogen (secondary N) is 1. The predicted molar refractivity (Wildman–Crippen MR) is 83.8 cm³/mol. The van der Waals surface area contributed by atoms with Crippen LogP contribution in [0.4, 0.5) is 0 Å². The van der Waals surface area contributed by atoms with Crippen LogP contribution in [0.5, 0.6) is 0 Å². The summed E-state index contributed by atoms with van der Waals surface area (Å²) >= 11 is 0. The molecule has 0 saturated heterocycles. The second kappa shape index (κ2) is 7.36. The molecule has 1 aromatic heterocycles. The Labute approximate surface area is 121 Å². The van der Waals surface area contributed by atoms with E-state index < -0.39 is 0 Å². The van der Waals surface area contributed by atoms with Crippen LogP contribution in [0, 0.1) is 5.92 Å². The number of hydrogen-bond donors (Lipinski definition) is 1. The number of methoxy groups -OCH3 is 1. The van der Waals surface area contributed by atoms with E-state index in [2.05, 4.69) is 48.4 Å². The Morgan fingerprint density at radius 1 is 1.30 bits per heavy atom. The van der Waals surface area contributed by atoms with Crippen molar-refractivity contribution >= 4 is 10.8 Å². The third-order valence-corrected chi connectivity index (χ3v) is 3.63. The lowest BCUT2D eigenvalue weighted by Crippen LogP contribution is -2.24. The minimum atomic E-state index is 0.358. The standard InChI is InChI=1S/C17H24N2O/c1-4-19-17(10-13(2)12-20-3)16-7-5-6-14-11-18-9-8-15(14)16/h5-9,11,13,17,19H,4,10,12H2,1-3H3. The van der Waals surface area contributed by atoms with Gasteiger partial charge in [0.1, 0.15) is 0 Å². The monoisotopic (exact) mass is 272 g/mol. The Hall–Kier alpha value is -1.45. The number of benzene rings is 1. The molecule has 1 aromatic carbocycles. The van der Waals surface area contributed by atoms with Gasteiger partial charge in [-0.05, 0) is 35.9 Å². The van der Waals surface area contributed by atoms with Crippen molar-refractivity contribution in [2.75, 3.05) is 20.3 Å². The van der Waals surface area contributed by atoms with Gasteiger partial charge in [-0.3, -0.25) is 4.98 Å². The zero-order valence-electron chi connectivity index (χ0n) is 12.6. The fourth-order valence-corrected chi connectivity index (χ4v) is 2.77. The van der Waals surface area contributed by atoms with Gasteiger partial charge in [0, 0.05) is 37.5 Å². The Morgan fingerprint density at radius 2 is 2.15 bits per heavy atom. The van der Waals surface area contributed by atoms with Crippen molar-refractivity contribution in [2.24, 2.45) is 5.92 Å². The van der Waals surface area contributed by atoms with Gasteiger partial charge in [-0.1, -0.05) is 32.0 Å². The summed E-state index contributed by atoms with van der Waals surface area (Å²) in [7, 11) is 1.77. The maximum Gasteiger partial charge on any atom is 0.0488 e. The van der Waals surface area contributed by atoms with Crippen LogP contribution in [0.25, 0.3) is 10.8 Å². The van der Waals surface area contributed by atoms with Gasteiger partial charge in [0.25, 0.3) is 0 Å². The molecule has 0 bridgehead atoms. The number of aromatic nitrogens is 1. The highest BCUT2D eigenvalue weighted by atomic mass is 16.5.